The second-order valence-corrected chi connectivity index (χ2v) is 5.06. The molecule has 2 N–H and O–H groups in total. The van der Waals surface area contributed by atoms with Gasteiger partial charge in [0.05, 0.1) is 0 Å². The highest BCUT2D eigenvalue weighted by atomic mass is 19.1. The van der Waals surface area contributed by atoms with Crippen LogP contribution in [0.1, 0.15) is 24.1 Å². The van der Waals surface area contributed by atoms with Crippen molar-refractivity contribution >= 4 is 10.9 Å². The van der Waals surface area contributed by atoms with E-state index in [2.05, 4.69) is 34.6 Å². The van der Waals surface area contributed by atoms with E-state index in [1.54, 1.807) is 12.1 Å². The van der Waals surface area contributed by atoms with E-state index in [0.717, 1.165) is 17.6 Å². The molecule has 102 valence electrons. The molecule has 0 saturated heterocycles. The van der Waals surface area contributed by atoms with Gasteiger partial charge in [-0.3, -0.25) is 0 Å². The molecule has 0 aliphatic carbocycles. The monoisotopic (exact) mass is 268 g/mol. The molecule has 2 aromatic carbocycles. The first-order valence-corrected chi connectivity index (χ1v) is 6.77. The van der Waals surface area contributed by atoms with Crippen LogP contribution in [0.2, 0.25) is 0 Å². The lowest BCUT2D eigenvalue weighted by atomic mass is 10.1. The fourth-order valence-corrected chi connectivity index (χ4v) is 2.38. The van der Waals surface area contributed by atoms with Crippen molar-refractivity contribution in [1.82, 2.24) is 10.3 Å². The summed E-state index contributed by atoms with van der Waals surface area (Å²) in [6, 6.07) is 15.3. The van der Waals surface area contributed by atoms with Crippen LogP contribution in [0.4, 0.5) is 4.39 Å². The molecule has 1 unspecified atom stereocenters. The highest BCUT2D eigenvalue weighted by Crippen LogP contribution is 2.17. The summed E-state index contributed by atoms with van der Waals surface area (Å²) < 4.78 is 13.2. The lowest BCUT2D eigenvalue weighted by molar-refractivity contribution is 0.565. The number of benzene rings is 2. The molecule has 0 saturated carbocycles. The van der Waals surface area contributed by atoms with E-state index in [1.807, 2.05) is 19.2 Å². The van der Waals surface area contributed by atoms with Gasteiger partial charge in [-0.25, -0.2) is 4.39 Å². The minimum Gasteiger partial charge on any atom is -0.361 e. The van der Waals surface area contributed by atoms with Gasteiger partial charge in [0.25, 0.3) is 0 Å². The van der Waals surface area contributed by atoms with Crippen LogP contribution in [0, 0.1) is 5.82 Å². The first kappa shape index (κ1) is 12.9. The Morgan fingerprint density at radius 2 is 2.05 bits per heavy atom. The molecule has 0 bridgehead atoms. The Labute approximate surface area is 117 Å². The summed E-state index contributed by atoms with van der Waals surface area (Å²) in [5.41, 5.74) is 3.33. The number of aromatic amines is 1. The van der Waals surface area contributed by atoms with E-state index >= 15 is 0 Å². The van der Waals surface area contributed by atoms with Crippen LogP contribution in [0.15, 0.2) is 54.7 Å². The average Bonchev–Trinajstić information content (AvgIpc) is 2.92. The maximum atomic E-state index is 13.2. The van der Waals surface area contributed by atoms with Crippen LogP contribution < -0.4 is 5.32 Å². The lowest BCUT2D eigenvalue weighted by Gasteiger charge is -2.14. The molecule has 3 rings (SSSR count). The molecule has 1 heterocycles. The molecule has 20 heavy (non-hydrogen) atoms. The van der Waals surface area contributed by atoms with Crippen molar-refractivity contribution in [2.75, 3.05) is 0 Å². The molecule has 0 aliphatic rings. The Kier molecular flexibility index (Phi) is 3.52. The molecule has 1 atom stereocenters. The van der Waals surface area contributed by atoms with Crippen molar-refractivity contribution in [2.45, 2.75) is 19.5 Å². The second kappa shape index (κ2) is 5.47. The number of hydrogen-bond donors (Lipinski definition) is 2. The largest absolute Gasteiger partial charge is 0.361 e. The van der Waals surface area contributed by atoms with Crippen molar-refractivity contribution in [2.24, 2.45) is 0 Å². The predicted octanol–water partition coefficient (Wildman–Crippen LogP) is 4.16. The third-order valence-corrected chi connectivity index (χ3v) is 3.58. The van der Waals surface area contributed by atoms with Crippen LogP contribution >= 0.6 is 0 Å². The standard InChI is InChI=1S/C17H17FN2/c1-12(14-3-2-4-16(18)10-14)20-11-13-5-6-17-15(9-13)7-8-19-17/h2-10,12,19-20H,11H2,1H3. The molecule has 0 fully saturated rings. The normalized spacial score (nSPS) is 12.7. The van der Waals surface area contributed by atoms with E-state index in [1.165, 1.54) is 17.0 Å². The molecule has 1 aromatic heterocycles. The average molecular weight is 268 g/mol. The maximum absolute atomic E-state index is 13.2. The van der Waals surface area contributed by atoms with E-state index in [4.69, 9.17) is 0 Å². The van der Waals surface area contributed by atoms with Crippen LogP contribution in [-0.2, 0) is 6.54 Å². The number of rotatable bonds is 4. The molecular formula is C17H17FN2. The number of nitrogens with one attached hydrogen (secondary N) is 2. The summed E-state index contributed by atoms with van der Waals surface area (Å²) in [6.07, 6.45) is 1.94. The zero-order valence-electron chi connectivity index (χ0n) is 11.4. The van der Waals surface area contributed by atoms with Crippen LogP contribution in [0.3, 0.4) is 0 Å². The molecule has 0 spiro atoms. The Morgan fingerprint density at radius 1 is 1.15 bits per heavy atom. The van der Waals surface area contributed by atoms with Gasteiger partial charge >= 0.3 is 0 Å². The predicted molar refractivity (Wildman–Crippen MR) is 80.0 cm³/mol. The fourth-order valence-electron chi connectivity index (χ4n) is 2.38. The highest BCUT2D eigenvalue weighted by Gasteiger charge is 2.06. The van der Waals surface area contributed by atoms with E-state index in [-0.39, 0.29) is 11.9 Å². The van der Waals surface area contributed by atoms with Crippen LogP contribution in [0.25, 0.3) is 10.9 Å². The zero-order valence-corrected chi connectivity index (χ0v) is 11.4. The smallest absolute Gasteiger partial charge is 0.123 e. The topological polar surface area (TPSA) is 27.8 Å². The summed E-state index contributed by atoms with van der Waals surface area (Å²) in [4.78, 5) is 3.18. The minimum absolute atomic E-state index is 0.118. The zero-order chi connectivity index (χ0) is 13.9. The summed E-state index contributed by atoms with van der Waals surface area (Å²) in [7, 11) is 0. The molecular weight excluding hydrogens is 251 g/mol. The van der Waals surface area contributed by atoms with Gasteiger partial charge in [0.1, 0.15) is 5.82 Å². The second-order valence-electron chi connectivity index (χ2n) is 5.06. The third-order valence-electron chi connectivity index (χ3n) is 3.58. The Hall–Kier alpha value is -2.13. The van der Waals surface area contributed by atoms with Crippen LogP contribution in [-0.4, -0.2) is 4.98 Å². The maximum Gasteiger partial charge on any atom is 0.123 e. The Bertz CT molecular complexity index is 718. The van der Waals surface area contributed by atoms with Gasteiger partial charge in [-0.05, 0) is 53.8 Å². The summed E-state index contributed by atoms with van der Waals surface area (Å²) in [5.74, 6) is -0.190. The molecule has 0 radical (unpaired) electrons. The van der Waals surface area contributed by atoms with Gasteiger partial charge in [0.15, 0.2) is 0 Å². The van der Waals surface area contributed by atoms with Gasteiger partial charge in [0.2, 0.25) is 0 Å². The van der Waals surface area contributed by atoms with Crippen LogP contribution in [0.5, 0.6) is 0 Å². The summed E-state index contributed by atoms with van der Waals surface area (Å²) in [5, 5.41) is 4.63. The molecule has 3 aromatic rings. The van der Waals surface area contributed by atoms with Gasteiger partial charge in [-0.1, -0.05) is 18.2 Å². The molecule has 2 nitrogen and oxygen atoms in total. The first-order chi connectivity index (χ1) is 9.72. The first-order valence-electron chi connectivity index (χ1n) is 6.77. The highest BCUT2D eigenvalue weighted by molar-refractivity contribution is 5.79. The van der Waals surface area contributed by atoms with E-state index in [0.29, 0.717) is 0 Å². The third kappa shape index (κ3) is 2.73. The van der Waals surface area contributed by atoms with Gasteiger partial charge in [-0.15, -0.1) is 0 Å². The number of H-pyrrole nitrogens is 1. The van der Waals surface area contributed by atoms with Crippen molar-refractivity contribution < 1.29 is 4.39 Å². The van der Waals surface area contributed by atoms with Gasteiger partial charge in [0, 0.05) is 24.3 Å². The SMILES string of the molecule is CC(NCc1ccc2[nH]ccc2c1)c1cccc(F)c1. The minimum atomic E-state index is -0.190. The van der Waals surface area contributed by atoms with E-state index in [9.17, 15) is 4.39 Å². The van der Waals surface area contributed by atoms with Crippen molar-refractivity contribution in [3.8, 4) is 0 Å². The van der Waals surface area contributed by atoms with Crippen molar-refractivity contribution in [1.29, 1.82) is 0 Å². The van der Waals surface area contributed by atoms with Crippen molar-refractivity contribution in [3.63, 3.8) is 0 Å². The van der Waals surface area contributed by atoms with Gasteiger partial charge in [-0.2, -0.15) is 0 Å². The summed E-state index contributed by atoms with van der Waals surface area (Å²) >= 11 is 0. The molecule has 0 aliphatic heterocycles. The fraction of sp³-hybridized carbons (Fsp3) is 0.176. The molecule has 0 amide bonds. The number of hydrogen-bond acceptors (Lipinski definition) is 1. The van der Waals surface area contributed by atoms with E-state index < -0.39 is 0 Å². The Balaban J connectivity index is 1.69. The number of halogens is 1. The number of fused-ring (bicyclic) bond motifs is 1. The number of aromatic nitrogens is 1. The Morgan fingerprint density at radius 3 is 2.90 bits per heavy atom. The lowest BCUT2D eigenvalue weighted by Crippen LogP contribution is -2.18. The molecule has 3 heteroatoms. The van der Waals surface area contributed by atoms with Gasteiger partial charge < -0.3 is 10.3 Å². The van der Waals surface area contributed by atoms with Crippen molar-refractivity contribution in [3.05, 3.63) is 71.7 Å². The summed E-state index contributed by atoms with van der Waals surface area (Å²) in [6.45, 7) is 2.81. The quantitative estimate of drug-likeness (QED) is 0.730.